The molecule has 1 atom stereocenters. The minimum absolute atomic E-state index is 0.0280. The number of carbonyl (C=O) groups excluding carboxylic acids is 1. The highest BCUT2D eigenvalue weighted by atomic mass is 32.2. The number of thioether (sulfide) groups is 1. The quantitative estimate of drug-likeness (QED) is 0.440. The summed E-state index contributed by atoms with van der Waals surface area (Å²) in [6.07, 6.45) is 3.52. The monoisotopic (exact) mass is 512 g/mol. The Morgan fingerprint density at radius 1 is 1.34 bits per heavy atom. The normalized spacial score (nSPS) is 19.0. The molecule has 1 aromatic carbocycles. The molecule has 2 aliphatic rings. The molecule has 2 saturated heterocycles. The molecule has 2 fully saturated rings. The van der Waals surface area contributed by atoms with Crippen LogP contribution in [-0.2, 0) is 22.6 Å². The van der Waals surface area contributed by atoms with Crippen LogP contribution in [0.25, 0.3) is 6.08 Å². The van der Waals surface area contributed by atoms with Gasteiger partial charge in [0.05, 0.1) is 17.6 Å². The van der Waals surface area contributed by atoms with Crippen LogP contribution in [0.2, 0.25) is 0 Å². The van der Waals surface area contributed by atoms with E-state index in [4.69, 9.17) is 17.0 Å². The molecule has 1 N–H and O–H groups in total. The van der Waals surface area contributed by atoms with Gasteiger partial charge in [-0.05, 0) is 56.0 Å². The van der Waals surface area contributed by atoms with Gasteiger partial charge in [0, 0.05) is 25.3 Å². The Balaban J connectivity index is 1.73. The minimum atomic E-state index is -0.405. The molecular formula is C25H25FN4O3S2. The van der Waals surface area contributed by atoms with Gasteiger partial charge in [-0.15, -0.1) is 0 Å². The van der Waals surface area contributed by atoms with Gasteiger partial charge >= 0.3 is 0 Å². The number of rotatable bonds is 7. The van der Waals surface area contributed by atoms with E-state index >= 15 is 0 Å². The maximum Gasteiger partial charge on any atom is 0.270 e. The molecule has 0 saturated carbocycles. The fourth-order valence-corrected chi connectivity index (χ4v) is 5.48. The minimum Gasteiger partial charge on any atom is -0.376 e. The van der Waals surface area contributed by atoms with Crippen LogP contribution < -0.4 is 10.9 Å². The van der Waals surface area contributed by atoms with Gasteiger partial charge in [0.25, 0.3) is 11.5 Å². The molecule has 1 amide bonds. The van der Waals surface area contributed by atoms with Crippen molar-refractivity contribution < 1.29 is 13.9 Å². The molecule has 0 radical (unpaired) electrons. The SMILES string of the molecule is CCn1c(NCc2ccc(F)cc2)c(/C=C2/SC(=S)N(CC3CCCO3)C2=O)c(C)c(C#N)c1=O. The van der Waals surface area contributed by atoms with Gasteiger partial charge in [0.2, 0.25) is 0 Å². The van der Waals surface area contributed by atoms with Crippen LogP contribution in [0.4, 0.5) is 10.2 Å². The van der Waals surface area contributed by atoms with Crippen LogP contribution in [0, 0.1) is 24.1 Å². The second-order valence-electron chi connectivity index (χ2n) is 8.33. The largest absolute Gasteiger partial charge is 0.376 e. The van der Waals surface area contributed by atoms with Crippen molar-refractivity contribution in [3.8, 4) is 6.07 Å². The van der Waals surface area contributed by atoms with Crippen LogP contribution in [-0.4, -0.2) is 39.0 Å². The second-order valence-corrected chi connectivity index (χ2v) is 10.0. The van der Waals surface area contributed by atoms with E-state index < -0.39 is 5.56 Å². The number of pyridine rings is 1. The lowest BCUT2D eigenvalue weighted by Gasteiger charge is -2.20. The zero-order valence-electron chi connectivity index (χ0n) is 19.5. The number of benzene rings is 1. The van der Waals surface area contributed by atoms with E-state index in [2.05, 4.69) is 5.32 Å². The van der Waals surface area contributed by atoms with Gasteiger partial charge in [0.1, 0.15) is 27.6 Å². The van der Waals surface area contributed by atoms with Crippen molar-refractivity contribution in [2.75, 3.05) is 18.5 Å². The third kappa shape index (κ3) is 5.17. The van der Waals surface area contributed by atoms with Crippen molar-refractivity contribution in [3.63, 3.8) is 0 Å². The third-order valence-electron chi connectivity index (χ3n) is 6.12. The fourth-order valence-electron chi connectivity index (χ4n) is 4.22. The maximum absolute atomic E-state index is 13.3. The highest BCUT2D eigenvalue weighted by Crippen LogP contribution is 2.35. The number of anilines is 1. The molecule has 1 aromatic heterocycles. The molecule has 0 spiro atoms. The van der Waals surface area contributed by atoms with E-state index in [0.29, 0.717) is 52.4 Å². The molecule has 1 unspecified atom stereocenters. The number of carbonyl (C=O) groups is 1. The van der Waals surface area contributed by atoms with E-state index in [9.17, 15) is 19.2 Å². The second kappa shape index (κ2) is 10.7. The Morgan fingerprint density at radius 3 is 2.71 bits per heavy atom. The summed E-state index contributed by atoms with van der Waals surface area (Å²) in [7, 11) is 0. The number of ether oxygens (including phenoxy) is 1. The zero-order valence-corrected chi connectivity index (χ0v) is 21.1. The van der Waals surface area contributed by atoms with Crippen molar-refractivity contribution in [1.29, 1.82) is 5.26 Å². The number of nitrogens with zero attached hydrogens (tertiary/aromatic N) is 3. The van der Waals surface area contributed by atoms with Gasteiger partial charge in [0.15, 0.2) is 0 Å². The van der Waals surface area contributed by atoms with E-state index in [1.807, 2.05) is 13.0 Å². The molecule has 35 heavy (non-hydrogen) atoms. The predicted octanol–water partition coefficient (Wildman–Crippen LogP) is 4.18. The number of hydrogen-bond acceptors (Lipinski definition) is 7. The lowest BCUT2D eigenvalue weighted by atomic mass is 10.0. The highest BCUT2D eigenvalue weighted by molar-refractivity contribution is 8.26. The third-order valence-corrected chi connectivity index (χ3v) is 7.50. The first-order chi connectivity index (χ1) is 16.8. The average molecular weight is 513 g/mol. The molecule has 3 heterocycles. The summed E-state index contributed by atoms with van der Waals surface area (Å²) in [5.74, 6) is -0.0611. The molecule has 0 bridgehead atoms. The molecule has 2 aliphatic heterocycles. The van der Waals surface area contributed by atoms with Crippen molar-refractivity contribution >= 4 is 46.1 Å². The van der Waals surface area contributed by atoms with E-state index in [1.165, 1.54) is 28.5 Å². The van der Waals surface area contributed by atoms with Gasteiger partial charge in [-0.1, -0.05) is 36.1 Å². The summed E-state index contributed by atoms with van der Waals surface area (Å²) in [6.45, 7) is 5.25. The van der Waals surface area contributed by atoms with E-state index in [0.717, 1.165) is 18.4 Å². The zero-order chi connectivity index (χ0) is 25.1. The Morgan fingerprint density at radius 2 is 2.09 bits per heavy atom. The molecule has 7 nitrogen and oxygen atoms in total. The lowest BCUT2D eigenvalue weighted by Crippen LogP contribution is -2.35. The fraction of sp³-hybridized carbons (Fsp3) is 0.360. The summed E-state index contributed by atoms with van der Waals surface area (Å²) in [5, 5.41) is 12.9. The summed E-state index contributed by atoms with van der Waals surface area (Å²) in [6, 6.07) is 8.06. The number of nitrogens with one attached hydrogen (secondary N) is 1. The predicted molar refractivity (Wildman–Crippen MR) is 138 cm³/mol. The smallest absolute Gasteiger partial charge is 0.270 e. The van der Waals surface area contributed by atoms with Crippen molar-refractivity contribution in [3.05, 3.63) is 67.6 Å². The maximum atomic E-state index is 13.3. The number of halogens is 1. The van der Waals surface area contributed by atoms with E-state index in [1.54, 1.807) is 30.0 Å². The summed E-state index contributed by atoms with van der Waals surface area (Å²) in [5.41, 5.74) is 1.49. The Bertz CT molecular complexity index is 1290. The number of thiocarbonyl (C=S) groups is 1. The van der Waals surface area contributed by atoms with Crippen LogP contribution >= 0.6 is 24.0 Å². The van der Waals surface area contributed by atoms with Crippen LogP contribution in [0.5, 0.6) is 0 Å². The summed E-state index contributed by atoms with van der Waals surface area (Å²) >= 11 is 6.67. The molecular weight excluding hydrogens is 487 g/mol. The number of hydrogen-bond donors (Lipinski definition) is 1. The molecule has 0 aliphatic carbocycles. The Hall–Kier alpha value is -3.00. The number of nitriles is 1. The first-order valence-electron chi connectivity index (χ1n) is 11.4. The van der Waals surface area contributed by atoms with E-state index in [-0.39, 0.29) is 23.4 Å². The number of amides is 1. The number of aromatic nitrogens is 1. The van der Waals surface area contributed by atoms with Crippen LogP contribution in [0.1, 0.15) is 42.0 Å². The average Bonchev–Trinajstić information content (AvgIpc) is 3.45. The van der Waals surface area contributed by atoms with Crippen LogP contribution in [0.3, 0.4) is 0 Å². The van der Waals surface area contributed by atoms with Crippen molar-refractivity contribution in [2.24, 2.45) is 0 Å². The molecule has 4 rings (SSSR count). The first-order valence-corrected chi connectivity index (χ1v) is 12.6. The molecule has 10 heteroatoms. The van der Waals surface area contributed by atoms with Gasteiger partial charge in [-0.3, -0.25) is 19.1 Å². The topological polar surface area (TPSA) is 87.4 Å². The summed E-state index contributed by atoms with van der Waals surface area (Å²) < 4.78 is 20.9. The van der Waals surface area contributed by atoms with Gasteiger partial charge in [-0.2, -0.15) is 5.26 Å². The van der Waals surface area contributed by atoms with Gasteiger partial charge in [-0.25, -0.2) is 4.39 Å². The van der Waals surface area contributed by atoms with Crippen LogP contribution in [0.15, 0.2) is 34.0 Å². The molecule has 182 valence electrons. The summed E-state index contributed by atoms with van der Waals surface area (Å²) in [4.78, 5) is 28.2. The Labute approximate surface area is 212 Å². The Kier molecular flexibility index (Phi) is 7.69. The lowest BCUT2D eigenvalue weighted by molar-refractivity contribution is -0.123. The van der Waals surface area contributed by atoms with Crippen molar-refractivity contribution in [2.45, 2.75) is 45.9 Å². The standard InChI is InChI=1S/C25H25FN4O3S2/c1-3-29-22(28-13-16-6-8-17(26)9-7-16)19(15(2)20(12-27)23(29)31)11-21-24(32)30(25(34)35-21)14-18-5-4-10-33-18/h6-9,11,18,28H,3-5,10,13-14H2,1-2H3/b21-11+. The van der Waals surface area contributed by atoms with Crippen molar-refractivity contribution in [1.82, 2.24) is 9.47 Å². The first kappa shape index (κ1) is 25.1. The highest BCUT2D eigenvalue weighted by Gasteiger charge is 2.35. The van der Waals surface area contributed by atoms with Gasteiger partial charge < -0.3 is 10.1 Å². The molecule has 2 aromatic rings.